The van der Waals surface area contributed by atoms with Gasteiger partial charge in [-0.2, -0.15) is 4.68 Å². The van der Waals surface area contributed by atoms with Crippen LogP contribution in [0.1, 0.15) is 5.56 Å². The van der Waals surface area contributed by atoms with Crippen LogP contribution in [-0.4, -0.2) is 24.0 Å². The van der Waals surface area contributed by atoms with Crippen LogP contribution >= 0.6 is 0 Å². The maximum absolute atomic E-state index is 12.0. The average Bonchev–Trinajstić information content (AvgIpc) is 2.96. The SMILES string of the molecule is COc1cc(Cn2nc(-c3ccccc3)oc2=O)cc(OC)c1. The summed E-state index contributed by atoms with van der Waals surface area (Å²) in [5.41, 5.74) is 1.59. The number of ether oxygens (including phenoxy) is 2. The van der Waals surface area contributed by atoms with Gasteiger partial charge in [0, 0.05) is 11.6 Å². The monoisotopic (exact) mass is 312 g/mol. The summed E-state index contributed by atoms with van der Waals surface area (Å²) in [6.45, 7) is 0.267. The van der Waals surface area contributed by atoms with E-state index in [2.05, 4.69) is 5.10 Å². The van der Waals surface area contributed by atoms with Gasteiger partial charge in [0.25, 0.3) is 0 Å². The minimum absolute atomic E-state index is 0.267. The number of aromatic nitrogens is 2. The largest absolute Gasteiger partial charge is 0.497 e. The van der Waals surface area contributed by atoms with Gasteiger partial charge in [0.2, 0.25) is 5.89 Å². The van der Waals surface area contributed by atoms with Crippen LogP contribution in [0.5, 0.6) is 11.5 Å². The van der Waals surface area contributed by atoms with Gasteiger partial charge in [-0.25, -0.2) is 4.79 Å². The Morgan fingerprint density at radius 2 is 1.70 bits per heavy atom. The van der Waals surface area contributed by atoms with Crippen LogP contribution in [0.3, 0.4) is 0 Å². The summed E-state index contributed by atoms with van der Waals surface area (Å²) < 4.78 is 17.0. The highest BCUT2D eigenvalue weighted by molar-refractivity contribution is 5.51. The Morgan fingerprint density at radius 3 is 2.30 bits per heavy atom. The van der Waals surface area contributed by atoms with Crippen LogP contribution in [0, 0.1) is 0 Å². The lowest BCUT2D eigenvalue weighted by molar-refractivity contribution is 0.392. The van der Waals surface area contributed by atoms with Crippen molar-refractivity contribution in [3.05, 3.63) is 64.6 Å². The van der Waals surface area contributed by atoms with E-state index in [4.69, 9.17) is 13.9 Å². The molecule has 0 unspecified atom stereocenters. The third-order valence-electron chi connectivity index (χ3n) is 3.37. The molecule has 6 heteroatoms. The fourth-order valence-electron chi connectivity index (χ4n) is 2.23. The molecule has 0 aliphatic rings. The number of hydrogen-bond acceptors (Lipinski definition) is 5. The van der Waals surface area contributed by atoms with Crippen molar-refractivity contribution in [2.45, 2.75) is 6.54 Å². The summed E-state index contributed by atoms with van der Waals surface area (Å²) in [4.78, 5) is 12.0. The maximum Gasteiger partial charge on any atom is 0.437 e. The van der Waals surface area contributed by atoms with Crippen molar-refractivity contribution >= 4 is 0 Å². The molecule has 3 rings (SSSR count). The van der Waals surface area contributed by atoms with Crippen LogP contribution in [-0.2, 0) is 6.54 Å². The number of hydrogen-bond donors (Lipinski definition) is 0. The predicted molar refractivity (Wildman–Crippen MR) is 84.8 cm³/mol. The first kappa shape index (κ1) is 14.9. The molecule has 0 amide bonds. The van der Waals surface area contributed by atoms with Crippen molar-refractivity contribution in [1.82, 2.24) is 9.78 Å². The van der Waals surface area contributed by atoms with Gasteiger partial charge in [-0.15, -0.1) is 5.10 Å². The van der Waals surface area contributed by atoms with E-state index in [-0.39, 0.29) is 6.54 Å². The molecule has 0 N–H and O–H groups in total. The van der Waals surface area contributed by atoms with Gasteiger partial charge in [0.1, 0.15) is 11.5 Å². The zero-order chi connectivity index (χ0) is 16.2. The third-order valence-corrected chi connectivity index (χ3v) is 3.37. The van der Waals surface area contributed by atoms with Gasteiger partial charge in [0.05, 0.1) is 20.8 Å². The maximum atomic E-state index is 12.0. The van der Waals surface area contributed by atoms with E-state index in [0.717, 1.165) is 11.1 Å². The van der Waals surface area contributed by atoms with Crippen molar-refractivity contribution < 1.29 is 13.9 Å². The molecule has 2 aromatic carbocycles. The topological polar surface area (TPSA) is 66.5 Å². The molecule has 23 heavy (non-hydrogen) atoms. The molecule has 0 saturated heterocycles. The standard InChI is InChI=1S/C17H16N2O4/c1-21-14-8-12(9-15(10-14)22-2)11-19-17(20)23-16(18-19)13-6-4-3-5-7-13/h3-10H,11H2,1-2H3. The van der Waals surface area contributed by atoms with Gasteiger partial charge < -0.3 is 13.9 Å². The van der Waals surface area contributed by atoms with Crippen molar-refractivity contribution in [2.75, 3.05) is 14.2 Å². The molecule has 3 aromatic rings. The van der Waals surface area contributed by atoms with E-state index < -0.39 is 5.76 Å². The van der Waals surface area contributed by atoms with E-state index in [0.29, 0.717) is 17.4 Å². The van der Waals surface area contributed by atoms with Crippen molar-refractivity contribution in [3.63, 3.8) is 0 Å². The summed E-state index contributed by atoms with van der Waals surface area (Å²) in [6.07, 6.45) is 0. The Labute approximate surface area is 132 Å². The van der Waals surface area contributed by atoms with E-state index >= 15 is 0 Å². The molecule has 118 valence electrons. The molecule has 1 heterocycles. The highest BCUT2D eigenvalue weighted by atomic mass is 16.5. The average molecular weight is 312 g/mol. The molecule has 1 aromatic heterocycles. The Bertz CT molecular complexity index is 830. The fourth-order valence-corrected chi connectivity index (χ4v) is 2.23. The smallest absolute Gasteiger partial charge is 0.437 e. The van der Waals surface area contributed by atoms with Crippen LogP contribution in [0.4, 0.5) is 0 Å². The zero-order valence-electron chi connectivity index (χ0n) is 12.9. The second-order valence-corrected chi connectivity index (χ2v) is 4.92. The lowest BCUT2D eigenvalue weighted by Crippen LogP contribution is -2.16. The first-order valence-electron chi connectivity index (χ1n) is 7.05. The molecule has 0 spiro atoms. The minimum atomic E-state index is -0.509. The second-order valence-electron chi connectivity index (χ2n) is 4.92. The van der Waals surface area contributed by atoms with E-state index in [1.165, 1.54) is 4.68 Å². The Kier molecular flexibility index (Phi) is 4.14. The molecule has 0 radical (unpaired) electrons. The quantitative estimate of drug-likeness (QED) is 0.724. The van der Waals surface area contributed by atoms with Crippen molar-refractivity contribution in [2.24, 2.45) is 0 Å². The molecule has 0 aliphatic carbocycles. The molecule has 0 atom stereocenters. The summed E-state index contributed by atoms with van der Waals surface area (Å²) >= 11 is 0. The fraction of sp³-hybridized carbons (Fsp3) is 0.176. The molecular formula is C17H16N2O4. The van der Waals surface area contributed by atoms with Gasteiger partial charge in [0.15, 0.2) is 0 Å². The summed E-state index contributed by atoms with van der Waals surface area (Å²) in [5.74, 6) is 1.09. The van der Waals surface area contributed by atoms with E-state index in [9.17, 15) is 4.79 Å². The van der Waals surface area contributed by atoms with Gasteiger partial charge in [-0.05, 0) is 29.8 Å². The molecular weight excluding hydrogens is 296 g/mol. The van der Waals surface area contributed by atoms with Crippen molar-refractivity contribution in [1.29, 1.82) is 0 Å². The highest BCUT2D eigenvalue weighted by Crippen LogP contribution is 2.23. The zero-order valence-corrected chi connectivity index (χ0v) is 12.9. The number of rotatable bonds is 5. The summed E-state index contributed by atoms with van der Waals surface area (Å²) in [5, 5.41) is 4.24. The van der Waals surface area contributed by atoms with Crippen LogP contribution in [0.15, 0.2) is 57.7 Å². The van der Waals surface area contributed by atoms with Gasteiger partial charge in [-0.1, -0.05) is 18.2 Å². The van der Waals surface area contributed by atoms with Gasteiger partial charge in [-0.3, -0.25) is 0 Å². The molecule has 6 nitrogen and oxygen atoms in total. The third kappa shape index (κ3) is 3.26. The summed E-state index contributed by atoms with van der Waals surface area (Å²) in [7, 11) is 3.16. The van der Waals surface area contributed by atoms with Crippen LogP contribution < -0.4 is 15.2 Å². The van der Waals surface area contributed by atoms with Crippen molar-refractivity contribution in [3.8, 4) is 23.0 Å². The summed E-state index contributed by atoms with van der Waals surface area (Å²) in [6, 6.07) is 14.7. The Hall–Kier alpha value is -3.02. The normalized spacial score (nSPS) is 10.5. The lowest BCUT2D eigenvalue weighted by atomic mass is 10.2. The highest BCUT2D eigenvalue weighted by Gasteiger charge is 2.11. The molecule has 0 aliphatic heterocycles. The number of nitrogens with zero attached hydrogens (tertiary/aromatic N) is 2. The van der Waals surface area contributed by atoms with Crippen LogP contribution in [0.2, 0.25) is 0 Å². The van der Waals surface area contributed by atoms with Crippen LogP contribution in [0.25, 0.3) is 11.5 Å². The Balaban J connectivity index is 1.92. The second kappa shape index (κ2) is 6.39. The number of methoxy groups -OCH3 is 2. The van der Waals surface area contributed by atoms with E-state index in [1.807, 2.05) is 42.5 Å². The lowest BCUT2D eigenvalue weighted by Gasteiger charge is -2.07. The Morgan fingerprint density at radius 1 is 1.04 bits per heavy atom. The predicted octanol–water partition coefficient (Wildman–Crippen LogP) is 2.57. The number of benzene rings is 2. The first-order valence-corrected chi connectivity index (χ1v) is 7.05. The van der Waals surface area contributed by atoms with Gasteiger partial charge >= 0.3 is 5.76 Å². The van der Waals surface area contributed by atoms with E-state index in [1.54, 1.807) is 20.3 Å². The molecule has 0 bridgehead atoms. The minimum Gasteiger partial charge on any atom is -0.497 e. The molecule has 0 saturated carbocycles. The first-order chi connectivity index (χ1) is 11.2. The molecule has 0 fully saturated rings.